The summed E-state index contributed by atoms with van der Waals surface area (Å²) in [5, 5.41) is 3.35. The van der Waals surface area contributed by atoms with Gasteiger partial charge in [-0.2, -0.15) is 0 Å². The van der Waals surface area contributed by atoms with Gasteiger partial charge in [-0.3, -0.25) is 4.79 Å². The van der Waals surface area contributed by atoms with E-state index in [2.05, 4.69) is 5.32 Å². The minimum atomic E-state index is -0.600. The van der Waals surface area contributed by atoms with Gasteiger partial charge in [0, 0.05) is 17.3 Å². The van der Waals surface area contributed by atoms with Gasteiger partial charge in [0.15, 0.2) is 5.76 Å². The lowest BCUT2D eigenvalue weighted by molar-refractivity contribution is 0.0943. The first-order valence-electron chi connectivity index (χ1n) is 9.39. The van der Waals surface area contributed by atoms with Crippen molar-refractivity contribution in [3.8, 4) is 16.9 Å². The van der Waals surface area contributed by atoms with Crippen molar-refractivity contribution in [2.75, 3.05) is 12.4 Å². The molecule has 0 saturated carbocycles. The number of hydrogen-bond acceptors (Lipinski definition) is 4. The molecule has 1 aromatic heterocycles. The van der Waals surface area contributed by atoms with Crippen molar-refractivity contribution in [1.82, 2.24) is 0 Å². The van der Waals surface area contributed by atoms with Gasteiger partial charge in [-0.1, -0.05) is 66.7 Å². The van der Waals surface area contributed by atoms with E-state index in [0.717, 1.165) is 28.1 Å². The van der Waals surface area contributed by atoms with Crippen LogP contribution < -0.4 is 10.1 Å². The van der Waals surface area contributed by atoms with Gasteiger partial charge in [0.25, 0.3) is 0 Å². The van der Waals surface area contributed by atoms with Crippen LogP contribution in [0.4, 0.5) is 5.69 Å². The number of anilines is 1. The number of rotatable bonds is 7. The highest BCUT2D eigenvalue weighted by molar-refractivity contribution is 6.04. The maximum absolute atomic E-state index is 13.6. The van der Waals surface area contributed by atoms with E-state index in [-0.39, 0.29) is 5.78 Å². The predicted octanol–water partition coefficient (Wildman–Crippen LogP) is 5.99. The molecular weight excluding hydrogens is 362 g/mol. The molecule has 29 heavy (non-hydrogen) atoms. The monoisotopic (exact) mass is 383 g/mol. The number of methoxy groups -OCH3 is 1. The minimum Gasteiger partial charge on any atom is -0.497 e. The van der Waals surface area contributed by atoms with Crippen molar-refractivity contribution >= 4 is 11.5 Å². The Morgan fingerprint density at radius 2 is 1.62 bits per heavy atom. The zero-order valence-electron chi connectivity index (χ0n) is 16.0. The summed E-state index contributed by atoms with van der Waals surface area (Å²) in [6.45, 7) is 0. The van der Waals surface area contributed by atoms with Crippen LogP contribution in [0.15, 0.2) is 102 Å². The van der Waals surface area contributed by atoms with Crippen LogP contribution >= 0.6 is 0 Å². The van der Waals surface area contributed by atoms with Crippen molar-refractivity contribution in [3.63, 3.8) is 0 Å². The Kier molecular flexibility index (Phi) is 5.43. The average Bonchev–Trinajstić information content (AvgIpc) is 3.28. The third kappa shape index (κ3) is 4.06. The lowest BCUT2D eigenvalue weighted by atomic mass is 9.96. The minimum absolute atomic E-state index is 0.136. The van der Waals surface area contributed by atoms with Crippen LogP contribution in [-0.4, -0.2) is 12.9 Å². The van der Waals surface area contributed by atoms with Crippen LogP contribution in [0.1, 0.15) is 22.2 Å². The third-order valence-corrected chi connectivity index (χ3v) is 4.75. The van der Waals surface area contributed by atoms with Crippen LogP contribution in [-0.2, 0) is 0 Å². The van der Waals surface area contributed by atoms with Crippen LogP contribution in [0.5, 0.6) is 5.75 Å². The second kappa shape index (κ2) is 8.48. The lowest BCUT2D eigenvalue weighted by Crippen LogP contribution is -2.21. The Hall–Kier alpha value is -3.79. The Balaban J connectivity index is 1.72. The maximum Gasteiger partial charge on any atom is 0.225 e. The molecule has 0 amide bonds. The molecule has 3 aromatic carbocycles. The molecule has 4 nitrogen and oxygen atoms in total. The highest BCUT2D eigenvalue weighted by atomic mass is 16.5. The van der Waals surface area contributed by atoms with Gasteiger partial charge < -0.3 is 14.5 Å². The first kappa shape index (κ1) is 18.6. The molecule has 1 N–H and O–H groups in total. The molecule has 0 bridgehead atoms. The van der Waals surface area contributed by atoms with Gasteiger partial charge in [-0.05, 0) is 29.3 Å². The quantitative estimate of drug-likeness (QED) is 0.398. The molecule has 1 unspecified atom stereocenters. The number of carbonyl (C=O) groups is 1. The van der Waals surface area contributed by atoms with E-state index in [0.29, 0.717) is 5.76 Å². The zero-order chi connectivity index (χ0) is 20.1. The molecule has 4 aromatic rings. The first-order valence-corrected chi connectivity index (χ1v) is 9.39. The van der Waals surface area contributed by atoms with Gasteiger partial charge in [0.2, 0.25) is 5.78 Å². The number of carbonyl (C=O) groups excluding carboxylic acids is 1. The first-order chi connectivity index (χ1) is 14.3. The smallest absolute Gasteiger partial charge is 0.225 e. The van der Waals surface area contributed by atoms with E-state index in [1.54, 1.807) is 13.4 Å². The summed E-state index contributed by atoms with van der Waals surface area (Å²) in [6, 6.07) is 28.2. The summed E-state index contributed by atoms with van der Waals surface area (Å²) < 4.78 is 11.0. The summed E-state index contributed by atoms with van der Waals surface area (Å²) in [5.41, 5.74) is 3.37. The Morgan fingerprint density at radius 3 is 2.34 bits per heavy atom. The third-order valence-electron chi connectivity index (χ3n) is 4.75. The second-order valence-corrected chi connectivity index (χ2v) is 6.61. The van der Waals surface area contributed by atoms with E-state index in [1.807, 2.05) is 91.0 Å². The Labute approximate surface area is 169 Å². The molecule has 0 spiro atoms. The SMILES string of the molecule is COc1cccc(NC(C(=O)c2occc2-c2ccccc2)c2ccccc2)c1. The number of ketones is 1. The van der Waals surface area contributed by atoms with Crippen molar-refractivity contribution in [2.24, 2.45) is 0 Å². The molecule has 0 aliphatic rings. The Morgan fingerprint density at radius 1 is 0.897 bits per heavy atom. The molecule has 0 fully saturated rings. The molecule has 4 rings (SSSR count). The number of benzene rings is 3. The molecule has 4 heteroatoms. The molecule has 0 radical (unpaired) electrons. The number of ether oxygens (including phenoxy) is 1. The molecule has 1 atom stereocenters. The van der Waals surface area contributed by atoms with Crippen LogP contribution in [0.3, 0.4) is 0 Å². The van der Waals surface area contributed by atoms with E-state index < -0.39 is 6.04 Å². The van der Waals surface area contributed by atoms with Gasteiger partial charge in [0.1, 0.15) is 11.8 Å². The van der Waals surface area contributed by atoms with Gasteiger partial charge >= 0.3 is 0 Å². The molecule has 1 heterocycles. The highest BCUT2D eigenvalue weighted by Gasteiger charge is 2.27. The van der Waals surface area contributed by atoms with Crippen molar-refractivity contribution in [2.45, 2.75) is 6.04 Å². The highest BCUT2D eigenvalue weighted by Crippen LogP contribution is 2.31. The normalized spacial score (nSPS) is 11.6. The van der Waals surface area contributed by atoms with E-state index in [9.17, 15) is 4.79 Å². The van der Waals surface area contributed by atoms with Gasteiger partial charge in [-0.25, -0.2) is 0 Å². The molecular formula is C25H21NO3. The Bertz CT molecular complexity index is 1090. The number of hydrogen-bond donors (Lipinski definition) is 1. The fourth-order valence-electron chi connectivity index (χ4n) is 3.30. The summed E-state index contributed by atoms with van der Waals surface area (Å²) in [5.74, 6) is 0.917. The van der Waals surface area contributed by atoms with E-state index in [4.69, 9.17) is 9.15 Å². The lowest BCUT2D eigenvalue weighted by Gasteiger charge is -2.19. The van der Waals surface area contributed by atoms with Crippen molar-refractivity contribution < 1.29 is 13.9 Å². The molecule has 144 valence electrons. The topological polar surface area (TPSA) is 51.5 Å². The summed E-state index contributed by atoms with van der Waals surface area (Å²) in [6.07, 6.45) is 1.56. The standard InChI is InChI=1S/C25H21NO3/c1-28-21-14-8-13-20(17-21)26-23(19-11-6-3-7-12-19)24(27)25-22(15-16-29-25)18-9-4-2-5-10-18/h2-17,23,26H,1H3. The molecule has 0 aliphatic heterocycles. The largest absolute Gasteiger partial charge is 0.497 e. The van der Waals surface area contributed by atoms with E-state index in [1.165, 1.54) is 0 Å². The predicted molar refractivity (Wildman–Crippen MR) is 114 cm³/mol. The number of furan rings is 1. The van der Waals surface area contributed by atoms with Crippen molar-refractivity contribution in [3.05, 3.63) is 109 Å². The van der Waals surface area contributed by atoms with Gasteiger partial charge in [-0.15, -0.1) is 0 Å². The fraction of sp³-hybridized carbons (Fsp3) is 0.0800. The number of Topliss-reactive ketones (excluding diaryl/α,β-unsaturated/α-hetero) is 1. The summed E-state index contributed by atoms with van der Waals surface area (Å²) >= 11 is 0. The molecule has 0 saturated heterocycles. The number of nitrogens with one attached hydrogen (secondary N) is 1. The maximum atomic E-state index is 13.6. The van der Waals surface area contributed by atoms with Gasteiger partial charge in [0.05, 0.1) is 13.4 Å². The fourth-order valence-corrected chi connectivity index (χ4v) is 3.30. The van der Waals surface area contributed by atoms with Crippen LogP contribution in [0.25, 0.3) is 11.1 Å². The van der Waals surface area contributed by atoms with Crippen molar-refractivity contribution in [1.29, 1.82) is 0 Å². The second-order valence-electron chi connectivity index (χ2n) is 6.61. The molecule has 0 aliphatic carbocycles. The zero-order valence-corrected chi connectivity index (χ0v) is 16.0. The average molecular weight is 383 g/mol. The summed E-state index contributed by atoms with van der Waals surface area (Å²) in [4.78, 5) is 13.6. The van der Waals surface area contributed by atoms with E-state index >= 15 is 0 Å². The van der Waals surface area contributed by atoms with Crippen LogP contribution in [0.2, 0.25) is 0 Å². The summed E-state index contributed by atoms with van der Waals surface area (Å²) in [7, 11) is 1.62. The van der Waals surface area contributed by atoms with Crippen LogP contribution in [0, 0.1) is 0 Å².